The van der Waals surface area contributed by atoms with Crippen molar-refractivity contribution in [1.29, 1.82) is 0 Å². The third kappa shape index (κ3) is 15.2. The van der Waals surface area contributed by atoms with E-state index in [1.54, 1.807) is 0 Å². The highest BCUT2D eigenvalue weighted by molar-refractivity contribution is 7.78. The monoisotopic (exact) mass is 1130 g/mol. The molecular formula is C72H81O6P3. The molecule has 0 radical (unpaired) electrons. The van der Waals surface area contributed by atoms with Crippen molar-refractivity contribution in [3.63, 3.8) is 0 Å². The Labute approximate surface area is 483 Å². The van der Waals surface area contributed by atoms with Crippen LogP contribution in [0.4, 0.5) is 0 Å². The molecule has 0 aliphatic heterocycles. The molecule has 0 saturated heterocycles. The van der Waals surface area contributed by atoms with Crippen molar-refractivity contribution < 1.29 is 28.1 Å². The molecule has 81 heavy (non-hydrogen) atoms. The van der Waals surface area contributed by atoms with E-state index in [4.69, 9.17) is 9.26 Å². The number of benzene rings is 9. The Morgan fingerprint density at radius 1 is 0.358 bits per heavy atom. The summed E-state index contributed by atoms with van der Waals surface area (Å²) in [4.78, 5) is 0. The Balaban J connectivity index is 0.000000176. The predicted molar refractivity (Wildman–Crippen MR) is 345 cm³/mol. The number of rotatable bonds is 17. The van der Waals surface area contributed by atoms with Gasteiger partial charge in [0.15, 0.2) is 0 Å². The Bertz CT molecular complexity index is 3470. The molecule has 0 aliphatic rings. The van der Waals surface area contributed by atoms with Gasteiger partial charge in [-0.25, -0.2) is 0 Å². The Hall–Kier alpha value is -6.93. The van der Waals surface area contributed by atoms with Gasteiger partial charge in [0.05, 0.1) is 16.7 Å². The standard InChI is InChI=1S/C26H31O2P.2C23H25O2P/c1-19(2)22-16-21(5)26(28-20(3)4)23(17-22)18-29(27,24-12-8-6-9-13-24)25-14-10-7-11-15-25;1-17(2)20-15-18(3)23(19(4)16-20)25-26(24,21-11-7-5-8-12-21)22-13-9-6-10-14-22;1-17(2)19-14-18(3)23(24)20(15-19)16-26(25,21-10-6-4-7-11-21)22-12-8-5-9-13-22/h6-17,19-20H,18H2,1-5H3;5-17H,1-4H3;4-15,17,24H,16H2,1-3H3. The molecule has 9 heteroatoms. The number of hydrogen-bond acceptors (Lipinski definition) is 6. The lowest BCUT2D eigenvalue weighted by molar-refractivity contribution is 0.239. The van der Waals surface area contributed by atoms with Gasteiger partial charge in [-0.2, -0.15) is 0 Å². The zero-order valence-electron chi connectivity index (χ0n) is 49.3. The first-order chi connectivity index (χ1) is 38.6. The number of aryl methyl sites for hydroxylation is 4. The van der Waals surface area contributed by atoms with Crippen molar-refractivity contribution in [1.82, 2.24) is 0 Å². The normalized spacial score (nSPS) is 11.7. The van der Waals surface area contributed by atoms with E-state index in [2.05, 4.69) is 72.7 Å². The summed E-state index contributed by atoms with van der Waals surface area (Å²) in [6.45, 7) is 25.1. The minimum atomic E-state index is -3.24. The topological polar surface area (TPSA) is 89.9 Å². The van der Waals surface area contributed by atoms with E-state index < -0.39 is 21.7 Å². The van der Waals surface area contributed by atoms with Crippen LogP contribution in [0.3, 0.4) is 0 Å². The molecule has 9 aromatic rings. The van der Waals surface area contributed by atoms with Gasteiger partial charge in [-0.3, -0.25) is 4.57 Å². The molecule has 6 nitrogen and oxygen atoms in total. The van der Waals surface area contributed by atoms with Crippen LogP contribution in [0, 0.1) is 27.7 Å². The summed E-state index contributed by atoms with van der Waals surface area (Å²) in [5.74, 6) is 3.02. The van der Waals surface area contributed by atoms with Gasteiger partial charge in [-0.1, -0.05) is 236 Å². The average Bonchev–Trinajstić information content (AvgIpc) is 3.55. The molecule has 0 aromatic heterocycles. The second kappa shape index (κ2) is 27.7. The molecule has 0 aliphatic carbocycles. The zero-order valence-corrected chi connectivity index (χ0v) is 52.0. The molecular weight excluding hydrogens is 1050 g/mol. The molecule has 0 unspecified atom stereocenters. The van der Waals surface area contributed by atoms with Gasteiger partial charge in [0, 0.05) is 44.7 Å². The minimum Gasteiger partial charge on any atom is -0.507 e. The van der Waals surface area contributed by atoms with Gasteiger partial charge in [-0.05, 0) is 123 Å². The largest absolute Gasteiger partial charge is 0.507 e. The molecule has 0 fully saturated rings. The highest BCUT2D eigenvalue weighted by atomic mass is 31.2. The van der Waals surface area contributed by atoms with Crippen molar-refractivity contribution in [2.75, 3.05) is 0 Å². The highest BCUT2D eigenvalue weighted by Gasteiger charge is 2.33. The first kappa shape index (κ1) is 61.7. The van der Waals surface area contributed by atoms with E-state index in [-0.39, 0.29) is 11.9 Å². The number of ether oxygens (including phenoxy) is 1. The summed E-state index contributed by atoms with van der Waals surface area (Å²) in [5.41, 5.74) is 9.42. The van der Waals surface area contributed by atoms with Gasteiger partial charge in [0.1, 0.15) is 31.5 Å². The first-order valence-corrected chi connectivity index (χ1v) is 33.6. The van der Waals surface area contributed by atoms with Crippen molar-refractivity contribution in [2.24, 2.45) is 0 Å². The van der Waals surface area contributed by atoms with Gasteiger partial charge in [0.2, 0.25) is 0 Å². The van der Waals surface area contributed by atoms with Crippen LogP contribution < -0.4 is 41.1 Å². The zero-order chi connectivity index (χ0) is 58.5. The summed E-state index contributed by atoms with van der Waals surface area (Å²) in [5, 5.41) is 15.5. The summed E-state index contributed by atoms with van der Waals surface area (Å²) in [7, 11) is -9.01. The van der Waals surface area contributed by atoms with Gasteiger partial charge < -0.3 is 23.5 Å². The second-order valence-corrected chi connectivity index (χ2v) is 30.2. The van der Waals surface area contributed by atoms with Crippen LogP contribution in [0.1, 0.15) is 123 Å². The Kier molecular flexibility index (Phi) is 21.1. The number of aromatic hydroxyl groups is 1. The second-order valence-electron chi connectivity index (χ2n) is 22.2. The lowest BCUT2D eigenvalue weighted by Crippen LogP contribution is -2.20. The van der Waals surface area contributed by atoms with Crippen LogP contribution in [-0.4, -0.2) is 11.2 Å². The van der Waals surface area contributed by atoms with Gasteiger partial charge >= 0.3 is 7.37 Å². The number of hydrogen-bond donors (Lipinski definition) is 1. The van der Waals surface area contributed by atoms with Crippen LogP contribution in [0.15, 0.2) is 218 Å². The summed E-state index contributed by atoms with van der Waals surface area (Å²) >= 11 is 0. The fraction of sp³-hybridized carbons (Fsp3) is 0.250. The van der Waals surface area contributed by atoms with Crippen LogP contribution in [0.25, 0.3) is 0 Å². The minimum absolute atomic E-state index is 0.0604. The molecule has 0 saturated carbocycles. The first-order valence-electron chi connectivity index (χ1n) is 28.2. The van der Waals surface area contributed by atoms with Crippen molar-refractivity contribution >= 4 is 53.5 Å². The van der Waals surface area contributed by atoms with Crippen molar-refractivity contribution in [2.45, 2.75) is 119 Å². The summed E-state index contributed by atoms with van der Waals surface area (Å²) in [6, 6.07) is 70.5. The van der Waals surface area contributed by atoms with E-state index >= 15 is 0 Å². The van der Waals surface area contributed by atoms with Crippen LogP contribution in [-0.2, 0) is 26.0 Å². The molecule has 1 N–H and O–H groups in total. The van der Waals surface area contributed by atoms with Gasteiger partial charge in [-0.15, -0.1) is 0 Å². The molecule has 9 aromatic carbocycles. The van der Waals surface area contributed by atoms with Crippen molar-refractivity contribution in [3.05, 3.63) is 268 Å². The summed E-state index contributed by atoms with van der Waals surface area (Å²) in [6.07, 6.45) is 0.823. The maximum atomic E-state index is 14.6. The Morgan fingerprint density at radius 2 is 0.630 bits per heavy atom. The van der Waals surface area contributed by atoms with Crippen molar-refractivity contribution in [3.8, 4) is 17.2 Å². The SMILES string of the molecule is Cc1cc(C(C)C)cc(C)c1OP(=O)(c1ccccc1)c1ccccc1.Cc1cc(C(C)C)cc(CP(=O)(c2ccccc2)c2ccccc2)c1O.Cc1cc(C(C)C)cc(CP(=O)(c2ccccc2)c2ccccc2)c1OC(C)C. The van der Waals surface area contributed by atoms with E-state index in [0.29, 0.717) is 46.4 Å². The number of phenolic OH excluding ortho intramolecular Hbond substituents is 1. The van der Waals surface area contributed by atoms with Crippen LogP contribution in [0.5, 0.6) is 17.2 Å². The molecule has 0 amide bonds. The van der Waals surface area contributed by atoms with Gasteiger partial charge in [0.25, 0.3) is 0 Å². The maximum absolute atomic E-state index is 14.6. The lowest BCUT2D eigenvalue weighted by atomic mass is 9.97. The molecule has 0 spiro atoms. The van der Waals surface area contributed by atoms with E-state index in [1.165, 1.54) is 11.1 Å². The smallest absolute Gasteiger partial charge is 0.306 e. The van der Waals surface area contributed by atoms with E-state index in [0.717, 1.165) is 65.9 Å². The molecule has 0 atom stereocenters. The van der Waals surface area contributed by atoms with E-state index in [9.17, 15) is 18.8 Å². The predicted octanol–water partition coefficient (Wildman–Crippen LogP) is 17.5. The lowest BCUT2D eigenvalue weighted by Gasteiger charge is -2.24. The fourth-order valence-corrected chi connectivity index (χ4v) is 17.5. The maximum Gasteiger partial charge on any atom is 0.306 e. The van der Waals surface area contributed by atoms with Crippen LogP contribution in [0.2, 0.25) is 0 Å². The fourth-order valence-electron chi connectivity index (χ4n) is 9.98. The third-order valence-corrected chi connectivity index (χ3v) is 23.0. The molecule has 0 bridgehead atoms. The highest BCUT2D eigenvalue weighted by Crippen LogP contribution is 2.51. The molecule has 0 heterocycles. The molecule has 420 valence electrons. The third-order valence-electron chi connectivity index (χ3n) is 14.5. The average molecular weight is 1140 g/mol. The summed E-state index contributed by atoms with van der Waals surface area (Å²) < 4.78 is 55.4. The Morgan fingerprint density at radius 3 is 0.951 bits per heavy atom. The van der Waals surface area contributed by atoms with E-state index in [1.807, 2.05) is 229 Å². The van der Waals surface area contributed by atoms with Crippen LogP contribution >= 0.6 is 21.7 Å². The molecule has 9 rings (SSSR count). The number of phenols is 1. The quantitative estimate of drug-likeness (QED) is 0.0914.